The van der Waals surface area contributed by atoms with Crippen LogP contribution >= 0.6 is 0 Å². The van der Waals surface area contributed by atoms with Crippen LogP contribution in [0.25, 0.3) is 0 Å². The van der Waals surface area contributed by atoms with E-state index in [9.17, 15) is 10.2 Å². The largest absolute Gasteiger partial charge is 0.497 e. The highest BCUT2D eigenvalue weighted by Crippen LogP contribution is 2.52. The van der Waals surface area contributed by atoms with Crippen LogP contribution in [0.3, 0.4) is 0 Å². The van der Waals surface area contributed by atoms with Crippen LogP contribution in [0, 0.1) is 5.92 Å². The molecular formula is C20H29NO3. The lowest BCUT2D eigenvalue weighted by atomic mass is 9.55. The van der Waals surface area contributed by atoms with E-state index in [0.717, 1.165) is 43.3 Å². The summed E-state index contributed by atoms with van der Waals surface area (Å²) in [5, 5.41) is 22.1. The fourth-order valence-corrected chi connectivity index (χ4v) is 4.98. The minimum Gasteiger partial charge on any atom is -0.497 e. The Morgan fingerprint density at radius 1 is 1.25 bits per heavy atom. The molecule has 1 aliphatic heterocycles. The zero-order valence-electron chi connectivity index (χ0n) is 14.6. The summed E-state index contributed by atoms with van der Waals surface area (Å²) in [4.78, 5) is 2.45. The van der Waals surface area contributed by atoms with Crippen molar-refractivity contribution >= 4 is 0 Å². The van der Waals surface area contributed by atoms with Gasteiger partial charge in [-0.05, 0) is 68.7 Å². The minimum absolute atomic E-state index is 0.327. The lowest BCUT2D eigenvalue weighted by Gasteiger charge is -2.57. The number of rotatable bonds is 4. The molecule has 4 heteroatoms. The third-order valence-electron chi connectivity index (χ3n) is 6.54. The Labute approximate surface area is 144 Å². The number of benzene rings is 1. The summed E-state index contributed by atoms with van der Waals surface area (Å²) in [5.74, 6) is 1.66. The highest BCUT2D eigenvalue weighted by atomic mass is 16.5. The molecule has 0 bridgehead atoms. The number of aliphatic hydroxyl groups excluding tert-OH is 1. The van der Waals surface area contributed by atoms with Gasteiger partial charge in [0.1, 0.15) is 5.75 Å². The first-order chi connectivity index (χ1) is 11.5. The molecule has 0 radical (unpaired) electrons. The maximum Gasteiger partial charge on any atom is 0.119 e. The average Bonchev–Trinajstić information content (AvgIpc) is 3.39. The molecule has 1 saturated heterocycles. The van der Waals surface area contributed by atoms with E-state index in [0.29, 0.717) is 19.3 Å². The van der Waals surface area contributed by atoms with Gasteiger partial charge in [0, 0.05) is 18.5 Å². The maximum atomic E-state index is 11.7. The van der Waals surface area contributed by atoms with Crippen LogP contribution in [0.15, 0.2) is 24.3 Å². The van der Waals surface area contributed by atoms with Gasteiger partial charge in [0.25, 0.3) is 0 Å². The lowest BCUT2D eigenvalue weighted by molar-refractivity contribution is -0.142. The number of aliphatic hydroxyl groups is 2. The SMILES string of the molecule is COc1cccc(C23CCN(CC4CC4)CC2(O)CCC(O)C3)c1. The van der Waals surface area contributed by atoms with Gasteiger partial charge in [-0.15, -0.1) is 0 Å². The molecule has 132 valence electrons. The Morgan fingerprint density at radius 3 is 2.83 bits per heavy atom. The summed E-state index contributed by atoms with van der Waals surface area (Å²) >= 11 is 0. The first kappa shape index (κ1) is 16.4. The first-order valence-electron chi connectivity index (χ1n) is 9.32. The van der Waals surface area contributed by atoms with Gasteiger partial charge in [-0.2, -0.15) is 0 Å². The molecule has 2 N–H and O–H groups in total. The van der Waals surface area contributed by atoms with Crippen molar-refractivity contribution in [2.75, 3.05) is 26.7 Å². The van der Waals surface area contributed by atoms with Crippen molar-refractivity contribution in [1.29, 1.82) is 0 Å². The van der Waals surface area contributed by atoms with Crippen molar-refractivity contribution in [3.63, 3.8) is 0 Å². The third kappa shape index (κ3) is 2.75. The number of nitrogens with zero attached hydrogens (tertiary/aromatic N) is 1. The van der Waals surface area contributed by atoms with Gasteiger partial charge >= 0.3 is 0 Å². The van der Waals surface area contributed by atoms with E-state index >= 15 is 0 Å². The van der Waals surface area contributed by atoms with Crippen molar-refractivity contribution in [1.82, 2.24) is 4.90 Å². The molecule has 24 heavy (non-hydrogen) atoms. The molecule has 4 nitrogen and oxygen atoms in total. The summed E-state index contributed by atoms with van der Waals surface area (Å²) in [6, 6.07) is 8.10. The van der Waals surface area contributed by atoms with Crippen LogP contribution in [0.5, 0.6) is 5.75 Å². The van der Waals surface area contributed by atoms with Crippen LogP contribution in [-0.2, 0) is 5.41 Å². The molecule has 4 rings (SSSR count). The molecule has 3 aliphatic rings. The second-order valence-electron chi connectivity index (χ2n) is 8.17. The molecule has 1 aromatic carbocycles. The van der Waals surface area contributed by atoms with Crippen molar-refractivity contribution in [3.05, 3.63) is 29.8 Å². The summed E-state index contributed by atoms with van der Waals surface area (Å²) in [6.07, 6.45) is 5.27. The van der Waals surface area contributed by atoms with Gasteiger partial charge in [-0.25, -0.2) is 0 Å². The predicted octanol–water partition coefficient (Wildman–Crippen LogP) is 2.32. The van der Waals surface area contributed by atoms with Crippen LogP contribution in [-0.4, -0.2) is 53.6 Å². The zero-order chi connectivity index (χ0) is 16.8. The molecule has 3 fully saturated rings. The maximum absolute atomic E-state index is 11.7. The highest BCUT2D eigenvalue weighted by molar-refractivity contribution is 5.38. The average molecular weight is 331 g/mol. The van der Waals surface area contributed by atoms with Gasteiger partial charge in [0.05, 0.1) is 18.8 Å². The smallest absolute Gasteiger partial charge is 0.119 e. The van der Waals surface area contributed by atoms with E-state index < -0.39 is 5.60 Å². The molecule has 1 aromatic rings. The fourth-order valence-electron chi connectivity index (χ4n) is 4.98. The number of likely N-dealkylation sites (tertiary alicyclic amines) is 1. The number of methoxy groups -OCH3 is 1. The molecule has 0 aromatic heterocycles. The zero-order valence-corrected chi connectivity index (χ0v) is 14.6. The monoisotopic (exact) mass is 331 g/mol. The Hall–Kier alpha value is -1.10. The quantitative estimate of drug-likeness (QED) is 0.889. The van der Waals surface area contributed by atoms with Gasteiger partial charge < -0.3 is 19.8 Å². The highest BCUT2D eigenvalue weighted by Gasteiger charge is 2.57. The molecule has 3 atom stereocenters. The van der Waals surface area contributed by atoms with E-state index in [4.69, 9.17) is 4.74 Å². The Kier molecular flexibility index (Phi) is 4.10. The van der Waals surface area contributed by atoms with Gasteiger partial charge in [0.15, 0.2) is 0 Å². The number of piperidine rings is 1. The fraction of sp³-hybridized carbons (Fsp3) is 0.700. The van der Waals surface area contributed by atoms with Crippen LogP contribution in [0.2, 0.25) is 0 Å². The number of hydrogen-bond donors (Lipinski definition) is 2. The van der Waals surface area contributed by atoms with Crippen LogP contribution < -0.4 is 4.74 Å². The van der Waals surface area contributed by atoms with Crippen molar-refractivity contribution in [2.45, 2.75) is 55.6 Å². The number of fused-ring (bicyclic) bond motifs is 1. The summed E-state index contributed by atoms with van der Waals surface area (Å²) in [6.45, 7) is 2.86. The first-order valence-corrected chi connectivity index (χ1v) is 9.32. The number of β-amino-alcohol motifs (C(OH)–C–C–N with tert-alkyl or cyclic N) is 1. The third-order valence-corrected chi connectivity index (χ3v) is 6.54. The second-order valence-corrected chi connectivity index (χ2v) is 8.17. The Balaban J connectivity index is 1.68. The second kappa shape index (κ2) is 6.01. The molecule has 0 spiro atoms. The van der Waals surface area contributed by atoms with Gasteiger partial charge in [-0.3, -0.25) is 0 Å². The molecule has 2 saturated carbocycles. The van der Waals surface area contributed by atoms with Crippen molar-refractivity contribution < 1.29 is 14.9 Å². The molecule has 2 aliphatic carbocycles. The van der Waals surface area contributed by atoms with Crippen LogP contribution in [0.4, 0.5) is 0 Å². The van der Waals surface area contributed by atoms with Crippen molar-refractivity contribution in [3.8, 4) is 5.75 Å². The van der Waals surface area contributed by atoms with Gasteiger partial charge in [0.2, 0.25) is 0 Å². The summed E-state index contributed by atoms with van der Waals surface area (Å²) in [7, 11) is 1.68. The lowest BCUT2D eigenvalue weighted by Crippen LogP contribution is -2.66. The molecule has 3 unspecified atom stereocenters. The predicted molar refractivity (Wildman–Crippen MR) is 93.3 cm³/mol. The number of hydrogen-bond acceptors (Lipinski definition) is 4. The van der Waals surface area contributed by atoms with E-state index in [1.54, 1.807) is 7.11 Å². The summed E-state index contributed by atoms with van der Waals surface area (Å²) in [5.41, 5.74) is -0.000444. The van der Waals surface area contributed by atoms with Crippen molar-refractivity contribution in [2.24, 2.45) is 5.92 Å². The molecular weight excluding hydrogens is 302 g/mol. The normalized spacial score (nSPS) is 37.0. The van der Waals surface area contributed by atoms with E-state index in [1.807, 2.05) is 12.1 Å². The minimum atomic E-state index is -0.758. The Morgan fingerprint density at radius 2 is 2.08 bits per heavy atom. The topological polar surface area (TPSA) is 52.9 Å². The van der Waals surface area contributed by atoms with E-state index in [1.165, 1.54) is 12.8 Å². The van der Waals surface area contributed by atoms with E-state index in [2.05, 4.69) is 17.0 Å². The van der Waals surface area contributed by atoms with E-state index in [-0.39, 0.29) is 11.5 Å². The standard InChI is InChI=1S/C20H29NO3/c1-24-18-4-2-3-16(11-18)19-9-10-21(13-15-5-6-15)14-20(19,23)8-7-17(22)12-19/h2-4,11,15,17,22-23H,5-10,12-14H2,1H3. The van der Waals surface area contributed by atoms with Gasteiger partial charge in [-0.1, -0.05) is 12.1 Å². The Bertz CT molecular complexity index is 602. The molecule has 1 heterocycles. The van der Waals surface area contributed by atoms with Crippen LogP contribution in [0.1, 0.15) is 44.1 Å². The summed E-state index contributed by atoms with van der Waals surface area (Å²) < 4.78 is 5.41. The molecule has 0 amide bonds. The number of ether oxygens (including phenoxy) is 1.